The Kier molecular flexibility index (Phi) is 3.39. The van der Waals surface area contributed by atoms with E-state index in [0.29, 0.717) is 0 Å². The summed E-state index contributed by atoms with van der Waals surface area (Å²) < 4.78 is 0. The maximum absolute atomic E-state index is 4.59. The molecule has 0 unspecified atom stereocenters. The largest absolute Gasteiger partial charge is 0.357 e. The van der Waals surface area contributed by atoms with Crippen molar-refractivity contribution >= 4 is 27.8 Å². The number of thiazole rings is 1. The van der Waals surface area contributed by atoms with Crippen molar-refractivity contribution in [2.24, 2.45) is 0 Å². The number of rotatable bonds is 4. The van der Waals surface area contributed by atoms with E-state index in [0.717, 1.165) is 17.4 Å². The Balaban J connectivity index is 1.68. The number of aromatic nitrogens is 1. The Bertz CT molecular complexity index is 600. The highest BCUT2D eigenvalue weighted by atomic mass is 32.1. The van der Waals surface area contributed by atoms with Gasteiger partial charge in [-0.15, -0.1) is 22.7 Å². The number of nitrogens with one attached hydrogen (secondary N) is 1. The Morgan fingerprint density at radius 1 is 1.00 bits per heavy atom. The Hall–Kier alpha value is -1.65. The minimum Gasteiger partial charge on any atom is -0.357 e. The molecular formula is C14H12N2S2. The van der Waals surface area contributed by atoms with Crippen LogP contribution in [-0.2, 0) is 6.54 Å². The van der Waals surface area contributed by atoms with E-state index in [2.05, 4.69) is 57.5 Å². The predicted molar refractivity (Wildman–Crippen MR) is 79.2 cm³/mol. The summed E-state index contributed by atoms with van der Waals surface area (Å²) >= 11 is 3.37. The molecule has 0 spiro atoms. The molecule has 2 heterocycles. The molecule has 3 aromatic rings. The molecule has 0 aliphatic heterocycles. The number of nitrogens with zero attached hydrogens (tertiary/aromatic N) is 1. The number of hydrogen-bond donors (Lipinski definition) is 1. The van der Waals surface area contributed by atoms with E-state index in [1.54, 1.807) is 22.7 Å². The molecule has 2 nitrogen and oxygen atoms in total. The van der Waals surface area contributed by atoms with Crippen LogP contribution in [0.4, 0.5) is 5.13 Å². The quantitative estimate of drug-likeness (QED) is 0.757. The van der Waals surface area contributed by atoms with Gasteiger partial charge in [-0.3, -0.25) is 0 Å². The lowest BCUT2D eigenvalue weighted by atomic mass is 10.2. The van der Waals surface area contributed by atoms with Gasteiger partial charge in [0.1, 0.15) is 0 Å². The summed E-state index contributed by atoms with van der Waals surface area (Å²) in [4.78, 5) is 5.81. The fraction of sp³-hybridized carbons (Fsp3) is 0.0714. The van der Waals surface area contributed by atoms with E-state index in [1.807, 2.05) is 6.07 Å². The lowest BCUT2D eigenvalue weighted by molar-refractivity contribution is 1.14. The summed E-state index contributed by atoms with van der Waals surface area (Å²) in [6.07, 6.45) is 0. The summed E-state index contributed by atoms with van der Waals surface area (Å²) in [5.41, 5.74) is 2.33. The fourth-order valence-electron chi connectivity index (χ4n) is 1.67. The van der Waals surface area contributed by atoms with Crippen LogP contribution in [0.15, 0.2) is 53.2 Å². The first kappa shape index (κ1) is 11.4. The third kappa shape index (κ3) is 2.60. The van der Waals surface area contributed by atoms with Crippen molar-refractivity contribution in [3.8, 4) is 10.6 Å². The maximum atomic E-state index is 4.59. The first-order valence-corrected chi connectivity index (χ1v) is 7.45. The van der Waals surface area contributed by atoms with E-state index >= 15 is 0 Å². The first-order chi connectivity index (χ1) is 8.92. The molecule has 0 saturated heterocycles. The predicted octanol–water partition coefficient (Wildman–Crippen LogP) is 4.48. The highest BCUT2D eigenvalue weighted by molar-refractivity contribution is 7.15. The summed E-state index contributed by atoms with van der Waals surface area (Å²) in [5, 5.41) is 8.50. The van der Waals surface area contributed by atoms with Crippen molar-refractivity contribution < 1.29 is 0 Å². The van der Waals surface area contributed by atoms with Gasteiger partial charge >= 0.3 is 0 Å². The second-order valence-electron chi connectivity index (χ2n) is 3.85. The van der Waals surface area contributed by atoms with Crippen molar-refractivity contribution in [1.82, 2.24) is 4.98 Å². The van der Waals surface area contributed by atoms with Crippen molar-refractivity contribution in [3.63, 3.8) is 0 Å². The molecule has 1 aromatic carbocycles. The second kappa shape index (κ2) is 5.33. The second-order valence-corrected chi connectivity index (χ2v) is 5.66. The molecular weight excluding hydrogens is 260 g/mol. The van der Waals surface area contributed by atoms with Gasteiger partial charge in [0.25, 0.3) is 0 Å². The Labute approximate surface area is 114 Å². The SMILES string of the molecule is c1ccc(CNc2nc(-c3cccs3)cs2)cc1. The topological polar surface area (TPSA) is 24.9 Å². The molecule has 0 atom stereocenters. The van der Waals surface area contributed by atoms with Crippen LogP contribution in [0.25, 0.3) is 10.6 Å². The summed E-state index contributed by atoms with van der Waals surface area (Å²) in [7, 11) is 0. The fourth-order valence-corrected chi connectivity index (χ4v) is 3.14. The van der Waals surface area contributed by atoms with Crippen molar-refractivity contribution in [1.29, 1.82) is 0 Å². The third-order valence-corrected chi connectivity index (χ3v) is 4.26. The number of benzene rings is 1. The molecule has 90 valence electrons. The molecule has 0 fully saturated rings. The van der Waals surface area contributed by atoms with Gasteiger partial charge in [0.05, 0.1) is 10.6 Å². The van der Waals surface area contributed by atoms with Crippen LogP contribution in [-0.4, -0.2) is 4.98 Å². The van der Waals surface area contributed by atoms with Crippen LogP contribution in [0.2, 0.25) is 0 Å². The lowest BCUT2D eigenvalue weighted by Gasteiger charge is -2.01. The lowest BCUT2D eigenvalue weighted by Crippen LogP contribution is -1.98. The van der Waals surface area contributed by atoms with Crippen LogP contribution in [0, 0.1) is 0 Å². The number of anilines is 1. The van der Waals surface area contributed by atoms with Crippen LogP contribution < -0.4 is 5.32 Å². The van der Waals surface area contributed by atoms with Crippen molar-refractivity contribution in [3.05, 3.63) is 58.8 Å². The first-order valence-electron chi connectivity index (χ1n) is 5.69. The smallest absolute Gasteiger partial charge is 0.183 e. The van der Waals surface area contributed by atoms with Crippen LogP contribution in [0.1, 0.15) is 5.56 Å². The zero-order valence-electron chi connectivity index (χ0n) is 9.67. The highest BCUT2D eigenvalue weighted by Crippen LogP contribution is 2.28. The van der Waals surface area contributed by atoms with E-state index in [9.17, 15) is 0 Å². The van der Waals surface area contributed by atoms with Crippen molar-refractivity contribution in [2.45, 2.75) is 6.54 Å². The Morgan fingerprint density at radius 2 is 1.89 bits per heavy atom. The van der Waals surface area contributed by atoms with Gasteiger partial charge in [0.2, 0.25) is 0 Å². The highest BCUT2D eigenvalue weighted by Gasteiger charge is 2.04. The van der Waals surface area contributed by atoms with Gasteiger partial charge in [0.15, 0.2) is 5.13 Å². The standard InChI is InChI=1S/C14H12N2S2/c1-2-5-11(6-3-1)9-15-14-16-12(10-18-14)13-7-4-8-17-13/h1-8,10H,9H2,(H,15,16). The summed E-state index contributed by atoms with van der Waals surface area (Å²) in [6, 6.07) is 14.5. The normalized spacial score (nSPS) is 10.4. The molecule has 0 saturated carbocycles. The van der Waals surface area contributed by atoms with Gasteiger partial charge in [-0.25, -0.2) is 4.98 Å². The minimum absolute atomic E-state index is 0.818. The van der Waals surface area contributed by atoms with Gasteiger partial charge < -0.3 is 5.32 Å². The summed E-state index contributed by atoms with van der Waals surface area (Å²) in [5.74, 6) is 0. The molecule has 1 N–H and O–H groups in total. The van der Waals surface area contributed by atoms with Gasteiger partial charge in [-0.05, 0) is 17.0 Å². The zero-order chi connectivity index (χ0) is 12.2. The Morgan fingerprint density at radius 3 is 2.67 bits per heavy atom. The maximum Gasteiger partial charge on any atom is 0.183 e. The molecule has 0 amide bonds. The third-order valence-electron chi connectivity index (χ3n) is 2.56. The van der Waals surface area contributed by atoms with Gasteiger partial charge in [-0.2, -0.15) is 0 Å². The minimum atomic E-state index is 0.818. The molecule has 3 rings (SSSR count). The molecule has 2 aromatic heterocycles. The van der Waals surface area contributed by atoms with E-state index in [-0.39, 0.29) is 0 Å². The monoisotopic (exact) mass is 272 g/mol. The number of hydrogen-bond acceptors (Lipinski definition) is 4. The molecule has 0 radical (unpaired) electrons. The van der Waals surface area contributed by atoms with Crippen LogP contribution >= 0.6 is 22.7 Å². The average molecular weight is 272 g/mol. The van der Waals surface area contributed by atoms with E-state index in [4.69, 9.17) is 0 Å². The average Bonchev–Trinajstić information content (AvgIpc) is 3.08. The molecule has 0 aliphatic rings. The molecule has 18 heavy (non-hydrogen) atoms. The van der Waals surface area contributed by atoms with E-state index < -0.39 is 0 Å². The molecule has 0 bridgehead atoms. The summed E-state index contributed by atoms with van der Waals surface area (Å²) in [6.45, 7) is 0.818. The van der Waals surface area contributed by atoms with E-state index in [1.165, 1.54) is 10.4 Å². The van der Waals surface area contributed by atoms with Gasteiger partial charge in [-0.1, -0.05) is 36.4 Å². The zero-order valence-corrected chi connectivity index (χ0v) is 11.3. The molecule has 4 heteroatoms. The van der Waals surface area contributed by atoms with Gasteiger partial charge in [0, 0.05) is 11.9 Å². The van der Waals surface area contributed by atoms with Crippen molar-refractivity contribution in [2.75, 3.05) is 5.32 Å². The molecule has 0 aliphatic carbocycles. The van der Waals surface area contributed by atoms with Crippen LogP contribution in [0.5, 0.6) is 0 Å². The van der Waals surface area contributed by atoms with Crippen LogP contribution in [0.3, 0.4) is 0 Å². The number of thiophene rings is 1.